The highest BCUT2D eigenvalue weighted by molar-refractivity contribution is 7.89. The van der Waals surface area contributed by atoms with Crippen molar-refractivity contribution in [2.45, 2.75) is 30.3 Å². The molecule has 2 aromatic rings. The van der Waals surface area contributed by atoms with Crippen LogP contribution in [0.5, 0.6) is 0 Å². The van der Waals surface area contributed by atoms with Crippen molar-refractivity contribution in [3.63, 3.8) is 0 Å². The third-order valence-corrected chi connectivity index (χ3v) is 5.79. The van der Waals surface area contributed by atoms with Crippen LogP contribution in [0.1, 0.15) is 28.8 Å². The van der Waals surface area contributed by atoms with E-state index in [0.29, 0.717) is 11.6 Å². The second-order valence-electron chi connectivity index (χ2n) is 6.33. The fourth-order valence-electron chi connectivity index (χ4n) is 2.53. The minimum Gasteiger partial charge on any atom is -0.337 e. The monoisotopic (exact) mass is 396 g/mol. The van der Waals surface area contributed by atoms with E-state index in [2.05, 4.69) is 4.72 Å². The van der Waals surface area contributed by atoms with Crippen molar-refractivity contribution in [2.24, 2.45) is 0 Å². The molecular formula is C18H18ClFN2O3S. The highest BCUT2D eigenvalue weighted by atomic mass is 35.5. The molecular weight excluding hydrogens is 379 g/mol. The lowest BCUT2D eigenvalue weighted by molar-refractivity contribution is 0.0784. The molecule has 1 N–H and O–H groups in total. The van der Waals surface area contributed by atoms with Gasteiger partial charge in [-0.25, -0.2) is 17.5 Å². The Balaban J connectivity index is 1.81. The maximum atomic E-state index is 14.0. The number of carbonyl (C=O) groups excluding carboxylic acids is 1. The van der Waals surface area contributed by atoms with Gasteiger partial charge >= 0.3 is 0 Å². The topological polar surface area (TPSA) is 66.5 Å². The quantitative estimate of drug-likeness (QED) is 0.815. The third-order valence-electron chi connectivity index (χ3n) is 4.02. The molecule has 0 bridgehead atoms. The fourth-order valence-corrected chi connectivity index (χ4v) is 4.15. The Morgan fingerprint density at radius 2 is 2.00 bits per heavy atom. The molecule has 5 nitrogen and oxygen atoms in total. The molecule has 138 valence electrons. The van der Waals surface area contributed by atoms with Crippen molar-refractivity contribution in [3.05, 3.63) is 64.4 Å². The molecule has 0 radical (unpaired) electrons. The molecule has 1 fully saturated rings. The molecule has 1 amide bonds. The largest absolute Gasteiger partial charge is 0.337 e. The lowest BCUT2D eigenvalue weighted by Crippen LogP contribution is -2.28. The average molecular weight is 397 g/mol. The van der Waals surface area contributed by atoms with Gasteiger partial charge in [0.2, 0.25) is 10.0 Å². The lowest BCUT2D eigenvalue weighted by atomic mass is 10.1. The van der Waals surface area contributed by atoms with Gasteiger partial charge in [-0.15, -0.1) is 0 Å². The van der Waals surface area contributed by atoms with Crippen molar-refractivity contribution in [1.29, 1.82) is 0 Å². The van der Waals surface area contributed by atoms with Crippen LogP contribution in [-0.2, 0) is 16.6 Å². The van der Waals surface area contributed by atoms with E-state index in [1.807, 2.05) is 6.07 Å². The van der Waals surface area contributed by atoms with Crippen molar-refractivity contribution >= 4 is 27.5 Å². The number of carbonyl (C=O) groups is 1. The molecule has 8 heteroatoms. The average Bonchev–Trinajstić information content (AvgIpc) is 3.37. The second-order valence-corrected chi connectivity index (χ2v) is 8.45. The molecule has 2 aromatic carbocycles. The van der Waals surface area contributed by atoms with Crippen molar-refractivity contribution in [2.75, 3.05) is 7.05 Å². The Morgan fingerprint density at radius 1 is 1.27 bits per heavy atom. The zero-order valence-corrected chi connectivity index (χ0v) is 15.6. The molecule has 3 rings (SSSR count). The molecule has 0 unspecified atom stereocenters. The van der Waals surface area contributed by atoms with Gasteiger partial charge < -0.3 is 4.90 Å². The first-order chi connectivity index (χ1) is 12.3. The molecule has 0 aromatic heterocycles. The lowest BCUT2D eigenvalue weighted by Gasteiger charge is -2.18. The Labute approximate surface area is 156 Å². The highest BCUT2D eigenvalue weighted by Crippen LogP contribution is 2.24. The summed E-state index contributed by atoms with van der Waals surface area (Å²) < 4.78 is 41.0. The number of hydrogen-bond donors (Lipinski definition) is 1. The standard InChI is InChI=1S/C18H18ClFN2O3S/c1-22(11-12-3-2-4-14(19)9-12)18(23)13-5-8-16(20)17(10-13)26(24,25)21-15-6-7-15/h2-5,8-10,15,21H,6-7,11H2,1H3. The van der Waals surface area contributed by atoms with Gasteiger partial charge in [0.05, 0.1) is 0 Å². The summed E-state index contributed by atoms with van der Waals surface area (Å²) >= 11 is 5.94. The Morgan fingerprint density at radius 3 is 2.65 bits per heavy atom. The molecule has 26 heavy (non-hydrogen) atoms. The molecule has 0 aliphatic heterocycles. The first kappa shape index (κ1) is 18.8. The van der Waals surface area contributed by atoms with Gasteiger partial charge in [-0.05, 0) is 48.7 Å². The second kappa shape index (κ2) is 7.34. The maximum Gasteiger partial charge on any atom is 0.253 e. The summed E-state index contributed by atoms with van der Waals surface area (Å²) in [6, 6.07) is 10.3. The normalized spacial score (nSPS) is 14.3. The van der Waals surface area contributed by atoms with E-state index in [1.54, 1.807) is 25.2 Å². The molecule has 0 heterocycles. The summed E-state index contributed by atoms with van der Waals surface area (Å²) in [7, 11) is -2.40. The van der Waals surface area contributed by atoms with E-state index < -0.39 is 26.6 Å². The predicted octanol–water partition coefficient (Wildman–Crippen LogP) is 3.19. The van der Waals surface area contributed by atoms with E-state index >= 15 is 0 Å². The minimum absolute atomic E-state index is 0.104. The van der Waals surface area contributed by atoms with Gasteiger partial charge in [-0.1, -0.05) is 23.7 Å². The Bertz CT molecular complexity index is 945. The summed E-state index contributed by atoms with van der Waals surface area (Å²) in [5.41, 5.74) is 0.936. The summed E-state index contributed by atoms with van der Waals surface area (Å²) in [5.74, 6) is -1.29. The van der Waals surface area contributed by atoms with Crippen LogP contribution in [0.15, 0.2) is 47.4 Å². The summed E-state index contributed by atoms with van der Waals surface area (Å²) in [6.07, 6.45) is 1.48. The first-order valence-corrected chi connectivity index (χ1v) is 9.94. The fraction of sp³-hybridized carbons (Fsp3) is 0.278. The number of nitrogens with one attached hydrogen (secondary N) is 1. The number of nitrogens with zero attached hydrogens (tertiary/aromatic N) is 1. The summed E-state index contributed by atoms with van der Waals surface area (Å²) in [6.45, 7) is 0.291. The minimum atomic E-state index is -3.99. The van der Waals surface area contributed by atoms with Gasteiger partial charge in [-0.3, -0.25) is 4.79 Å². The molecule has 1 aliphatic carbocycles. The van der Waals surface area contributed by atoms with E-state index in [1.165, 1.54) is 11.0 Å². The van der Waals surface area contributed by atoms with E-state index in [9.17, 15) is 17.6 Å². The van der Waals surface area contributed by atoms with Crippen LogP contribution in [0.2, 0.25) is 5.02 Å². The predicted molar refractivity (Wildman–Crippen MR) is 97.0 cm³/mol. The zero-order valence-electron chi connectivity index (χ0n) is 14.1. The van der Waals surface area contributed by atoms with Crippen LogP contribution in [0.4, 0.5) is 4.39 Å². The van der Waals surface area contributed by atoms with Crippen LogP contribution in [0.25, 0.3) is 0 Å². The van der Waals surface area contributed by atoms with Crippen LogP contribution in [-0.4, -0.2) is 32.3 Å². The molecule has 0 atom stereocenters. The van der Waals surface area contributed by atoms with Crippen LogP contribution in [0, 0.1) is 5.82 Å². The SMILES string of the molecule is CN(Cc1cccc(Cl)c1)C(=O)c1ccc(F)c(S(=O)(=O)NC2CC2)c1. The van der Waals surface area contributed by atoms with Crippen LogP contribution < -0.4 is 4.72 Å². The van der Waals surface area contributed by atoms with Gasteiger partial charge in [-0.2, -0.15) is 0 Å². The third kappa shape index (κ3) is 4.41. The highest BCUT2D eigenvalue weighted by Gasteiger charge is 2.30. The Kier molecular flexibility index (Phi) is 5.32. The van der Waals surface area contributed by atoms with Crippen molar-refractivity contribution < 1.29 is 17.6 Å². The van der Waals surface area contributed by atoms with E-state index in [0.717, 1.165) is 30.5 Å². The number of halogens is 2. The number of hydrogen-bond acceptors (Lipinski definition) is 3. The van der Waals surface area contributed by atoms with Crippen molar-refractivity contribution in [3.8, 4) is 0 Å². The van der Waals surface area contributed by atoms with Gasteiger partial charge in [0.15, 0.2) is 0 Å². The number of benzene rings is 2. The van der Waals surface area contributed by atoms with Gasteiger partial charge in [0, 0.05) is 30.2 Å². The maximum absolute atomic E-state index is 14.0. The first-order valence-electron chi connectivity index (χ1n) is 8.08. The van der Waals surface area contributed by atoms with Crippen LogP contribution in [0.3, 0.4) is 0 Å². The van der Waals surface area contributed by atoms with Crippen LogP contribution >= 0.6 is 11.6 Å². The number of amides is 1. The molecule has 0 spiro atoms. The number of rotatable bonds is 6. The molecule has 1 aliphatic rings. The Hall–Kier alpha value is -1.96. The van der Waals surface area contributed by atoms with E-state index in [-0.39, 0.29) is 11.6 Å². The van der Waals surface area contributed by atoms with Gasteiger partial charge in [0.25, 0.3) is 5.91 Å². The summed E-state index contributed by atoms with van der Waals surface area (Å²) in [5, 5.41) is 0.560. The molecule has 0 saturated heterocycles. The van der Waals surface area contributed by atoms with E-state index in [4.69, 9.17) is 11.6 Å². The van der Waals surface area contributed by atoms with Gasteiger partial charge in [0.1, 0.15) is 10.7 Å². The smallest absolute Gasteiger partial charge is 0.253 e. The number of sulfonamides is 1. The summed E-state index contributed by atoms with van der Waals surface area (Å²) in [4.78, 5) is 13.5. The molecule has 1 saturated carbocycles. The zero-order chi connectivity index (χ0) is 18.9. The van der Waals surface area contributed by atoms with Crippen molar-refractivity contribution in [1.82, 2.24) is 9.62 Å².